The van der Waals surface area contributed by atoms with E-state index in [2.05, 4.69) is 65.1 Å². The van der Waals surface area contributed by atoms with Gasteiger partial charge in [-0.25, -0.2) is 9.97 Å². The summed E-state index contributed by atoms with van der Waals surface area (Å²) in [5.74, 6) is 0.943. The predicted octanol–water partition coefficient (Wildman–Crippen LogP) is 5.50. The molecule has 0 bridgehead atoms. The van der Waals surface area contributed by atoms with E-state index in [1.807, 2.05) is 44.9 Å². The summed E-state index contributed by atoms with van der Waals surface area (Å²) in [6.07, 6.45) is 10.2. The zero-order valence-corrected chi connectivity index (χ0v) is 22.6. The van der Waals surface area contributed by atoms with E-state index in [0.29, 0.717) is 13.1 Å². The molecule has 6 heteroatoms. The van der Waals surface area contributed by atoms with Crippen molar-refractivity contribution in [3.8, 4) is 0 Å². The standard InChI is InChI=1S/C30H39N5O/c1-7-10-26(20-34(6)21-29(36)35-17-8-9-18-35)19-23(3)32-30(27-13-11-22(2)12-14-27)24(4)28-15-16-31-25(5)33-28/h7,10-16,19H,8-9,17-18,20-21H2,1-6H3/b10-7-,26-19+,30-24+,32-23+. The molecule has 0 spiro atoms. The summed E-state index contributed by atoms with van der Waals surface area (Å²) in [5.41, 5.74) is 7.00. The maximum absolute atomic E-state index is 12.6. The van der Waals surface area contributed by atoms with Crippen LogP contribution in [0.2, 0.25) is 0 Å². The summed E-state index contributed by atoms with van der Waals surface area (Å²) >= 11 is 0. The molecule has 190 valence electrons. The molecule has 0 atom stereocenters. The molecule has 1 aromatic heterocycles. The summed E-state index contributed by atoms with van der Waals surface area (Å²) in [4.78, 5) is 30.6. The molecule has 1 aromatic carbocycles. The number of aryl methyl sites for hydroxylation is 2. The van der Waals surface area contributed by atoms with Crippen LogP contribution < -0.4 is 0 Å². The van der Waals surface area contributed by atoms with E-state index in [0.717, 1.165) is 65.6 Å². The quantitative estimate of drug-likeness (QED) is 0.348. The van der Waals surface area contributed by atoms with E-state index >= 15 is 0 Å². The van der Waals surface area contributed by atoms with E-state index in [4.69, 9.17) is 4.99 Å². The SMILES string of the molecule is C\C=C/C(=C\C(C)=N\C(=C(/C)c1ccnc(C)n1)c1ccc(C)cc1)CN(C)CC(=O)N1CCCC1. The first-order chi connectivity index (χ1) is 17.3. The second-order valence-corrected chi connectivity index (χ2v) is 9.56. The van der Waals surface area contributed by atoms with Crippen molar-refractivity contribution in [2.45, 2.75) is 47.5 Å². The molecular weight excluding hydrogens is 446 g/mol. The Balaban J connectivity index is 1.90. The van der Waals surface area contributed by atoms with Crippen molar-refractivity contribution in [3.63, 3.8) is 0 Å². The molecule has 2 aromatic rings. The van der Waals surface area contributed by atoms with Crippen LogP contribution in [0.15, 0.2) is 65.3 Å². The zero-order chi connectivity index (χ0) is 26.1. The average Bonchev–Trinajstić information content (AvgIpc) is 3.38. The van der Waals surface area contributed by atoms with Crippen molar-refractivity contribution in [3.05, 3.63) is 83.0 Å². The second kappa shape index (κ2) is 13.1. The first-order valence-electron chi connectivity index (χ1n) is 12.7. The zero-order valence-electron chi connectivity index (χ0n) is 22.6. The number of rotatable bonds is 9. The predicted molar refractivity (Wildman–Crippen MR) is 150 cm³/mol. The van der Waals surface area contributed by atoms with E-state index in [1.165, 1.54) is 5.56 Å². The monoisotopic (exact) mass is 485 g/mol. The van der Waals surface area contributed by atoms with E-state index in [-0.39, 0.29) is 5.91 Å². The number of aliphatic imine (C=N–C) groups is 1. The third-order valence-electron chi connectivity index (χ3n) is 6.22. The third kappa shape index (κ3) is 7.82. The summed E-state index contributed by atoms with van der Waals surface area (Å²) in [5, 5.41) is 0. The summed E-state index contributed by atoms with van der Waals surface area (Å²) in [6, 6.07) is 10.3. The Morgan fingerprint density at radius 1 is 1.08 bits per heavy atom. The van der Waals surface area contributed by atoms with Gasteiger partial charge in [0, 0.05) is 42.7 Å². The van der Waals surface area contributed by atoms with Crippen LogP contribution in [0.4, 0.5) is 0 Å². The molecular formula is C30H39N5O. The van der Waals surface area contributed by atoms with Gasteiger partial charge in [-0.05, 0) is 72.2 Å². The van der Waals surface area contributed by atoms with Crippen LogP contribution in [0.5, 0.6) is 0 Å². The molecule has 1 amide bonds. The van der Waals surface area contributed by atoms with Crippen LogP contribution in [-0.2, 0) is 4.79 Å². The highest BCUT2D eigenvalue weighted by atomic mass is 16.2. The van der Waals surface area contributed by atoms with Crippen LogP contribution >= 0.6 is 0 Å². The van der Waals surface area contributed by atoms with Crippen LogP contribution in [0.1, 0.15) is 56.3 Å². The fourth-order valence-corrected chi connectivity index (χ4v) is 4.37. The number of carbonyl (C=O) groups is 1. The molecule has 1 saturated heterocycles. The van der Waals surface area contributed by atoms with E-state index in [9.17, 15) is 4.79 Å². The number of aromatic nitrogens is 2. The molecule has 1 aliphatic rings. The van der Waals surface area contributed by atoms with Crippen molar-refractivity contribution in [2.24, 2.45) is 4.99 Å². The Kier molecular flexibility index (Phi) is 9.88. The second-order valence-electron chi connectivity index (χ2n) is 9.56. The minimum Gasteiger partial charge on any atom is -0.342 e. The Hall–Kier alpha value is -3.38. The largest absolute Gasteiger partial charge is 0.342 e. The number of amides is 1. The molecule has 0 N–H and O–H groups in total. The van der Waals surface area contributed by atoms with Crippen LogP contribution in [-0.4, -0.2) is 64.6 Å². The number of nitrogens with zero attached hydrogens (tertiary/aromatic N) is 5. The van der Waals surface area contributed by atoms with E-state index in [1.54, 1.807) is 6.20 Å². The fourth-order valence-electron chi connectivity index (χ4n) is 4.37. The first-order valence-corrected chi connectivity index (χ1v) is 12.7. The van der Waals surface area contributed by atoms with Crippen LogP contribution in [0.25, 0.3) is 11.3 Å². The molecule has 0 radical (unpaired) electrons. The van der Waals surface area contributed by atoms with Gasteiger partial charge in [0.05, 0.1) is 17.9 Å². The van der Waals surface area contributed by atoms with Crippen LogP contribution in [0.3, 0.4) is 0 Å². The fraction of sp³-hybridized carbons (Fsp3) is 0.400. The summed E-state index contributed by atoms with van der Waals surface area (Å²) in [6.45, 7) is 12.9. The first kappa shape index (κ1) is 27.2. The molecule has 0 aliphatic carbocycles. The number of benzene rings is 1. The Bertz CT molecular complexity index is 1170. The van der Waals surface area contributed by atoms with Crippen molar-refractivity contribution in [1.82, 2.24) is 19.8 Å². The number of allylic oxidation sites excluding steroid dienone is 3. The van der Waals surface area contributed by atoms with Crippen LogP contribution in [0, 0.1) is 13.8 Å². The molecule has 6 nitrogen and oxygen atoms in total. The van der Waals surface area contributed by atoms with Gasteiger partial charge >= 0.3 is 0 Å². The molecule has 0 unspecified atom stereocenters. The van der Waals surface area contributed by atoms with Crippen molar-refractivity contribution in [2.75, 3.05) is 33.2 Å². The average molecular weight is 486 g/mol. The topological polar surface area (TPSA) is 61.7 Å². The van der Waals surface area contributed by atoms with Crippen molar-refractivity contribution < 1.29 is 4.79 Å². The lowest BCUT2D eigenvalue weighted by Crippen LogP contribution is -2.37. The summed E-state index contributed by atoms with van der Waals surface area (Å²) < 4.78 is 0. The molecule has 1 aliphatic heterocycles. The highest BCUT2D eigenvalue weighted by molar-refractivity contribution is 6.01. The van der Waals surface area contributed by atoms with Gasteiger partial charge < -0.3 is 4.90 Å². The number of hydrogen-bond acceptors (Lipinski definition) is 5. The highest BCUT2D eigenvalue weighted by Crippen LogP contribution is 2.27. The highest BCUT2D eigenvalue weighted by Gasteiger charge is 2.19. The Labute approximate surface area is 216 Å². The molecule has 36 heavy (non-hydrogen) atoms. The molecule has 3 rings (SSSR count). The maximum atomic E-state index is 12.6. The lowest BCUT2D eigenvalue weighted by molar-refractivity contribution is -0.130. The Morgan fingerprint density at radius 2 is 1.78 bits per heavy atom. The molecule has 1 fully saturated rings. The maximum Gasteiger partial charge on any atom is 0.236 e. The van der Waals surface area contributed by atoms with E-state index < -0.39 is 0 Å². The minimum absolute atomic E-state index is 0.209. The normalized spacial score (nSPS) is 15.7. The van der Waals surface area contributed by atoms with Gasteiger partial charge in [0.25, 0.3) is 0 Å². The molecule has 0 saturated carbocycles. The number of carbonyl (C=O) groups excluding carboxylic acids is 1. The van der Waals surface area contributed by atoms with Gasteiger partial charge in [-0.3, -0.25) is 14.7 Å². The van der Waals surface area contributed by atoms with Gasteiger partial charge in [0.1, 0.15) is 5.82 Å². The Morgan fingerprint density at radius 3 is 2.42 bits per heavy atom. The smallest absolute Gasteiger partial charge is 0.236 e. The van der Waals surface area contributed by atoms with Gasteiger partial charge in [0.2, 0.25) is 5.91 Å². The lowest BCUT2D eigenvalue weighted by Gasteiger charge is -2.21. The van der Waals surface area contributed by atoms with Crippen molar-refractivity contribution in [1.29, 1.82) is 0 Å². The van der Waals surface area contributed by atoms with Gasteiger partial charge in [-0.15, -0.1) is 0 Å². The van der Waals surface area contributed by atoms with Crippen molar-refractivity contribution >= 4 is 22.9 Å². The lowest BCUT2D eigenvalue weighted by atomic mass is 10.0. The van der Waals surface area contributed by atoms with Gasteiger partial charge in [-0.2, -0.15) is 0 Å². The number of likely N-dealkylation sites (N-methyl/N-ethyl adjacent to an activating group) is 1. The summed E-state index contributed by atoms with van der Waals surface area (Å²) in [7, 11) is 2.00. The third-order valence-corrected chi connectivity index (χ3v) is 6.22. The van der Waals surface area contributed by atoms with Gasteiger partial charge in [-0.1, -0.05) is 42.0 Å². The molecule has 2 heterocycles. The van der Waals surface area contributed by atoms with Gasteiger partial charge in [0.15, 0.2) is 0 Å². The minimum atomic E-state index is 0.209. The number of hydrogen-bond donors (Lipinski definition) is 0. The number of likely N-dealkylation sites (tertiary alicyclic amines) is 1.